The third kappa shape index (κ3) is 4.17. The van der Waals surface area contributed by atoms with Crippen LogP contribution >= 0.6 is 0 Å². The summed E-state index contributed by atoms with van der Waals surface area (Å²) in [6.45, 7) is 5.98. The van der Waals surface area contributed by atoms with E-state index in [4.69, 9.17) is 9.84 Å². The van der Waals surface area contributed by atoms with Gasteiger partial charge in [0, 0.05) is 13.1 Å². The lowest BCUT2D eigenvalue weighted by atomic mass is 10.0. The molecule has 3 atom stereocenters. The number of amides is 2. The van der Waals surface area contributed by atoms with E-state index < -0.39 is 30.0 Å². The fourth-order valence-electron chi connectivity index (χ4n) is 2.54. The van der Waals surface area contributed by atoms with Crippen LogP contribution in [0.15, 0.2) is 0 Å². The van der Waals surface area contributed by atoms with Crippen molar-refractivity contribution in [2.75, 3.05) is 26.3 Å². The molecule has 22 heavy (non-hydrogen) atoms. The molecular formula is C14H23N3O5. The van der Waals surface area contributed by atoms with Crippen LogP contribution in [0.5, 0.6) is 0 Å². The molecule has 2 amide bonds. The van der Waals surface area contributed by atoms with E-state index in [1.165, 1.54) is 0 Å². The summed E-state index contributed by atoms with van der Waals surface area (Å²) in [5.74, 6) is -1.38. The van der Waals surface area contributed by atoms with Crippen molar-refractivity contribution >= 4 is 17.8 Å². The van der Waals surface area contributed by atoms with Crippen molar-refractivity contribution < 1.29 is 24.2 Å². The Bertz CT molecular complexity index is 448. The van der Waals surface area contributed by atoms with Crippen molar-refractivity contribution in [2.24, 2.45) is 5.92 Å². The Morgan fingerprint density at radius 1 is 1.27 bits per heavy atom. The first kappa shape index (κ1) is 16.7. The first-order valence-corrected chi connectivity index (χ1v) is 7.56. The summed E-state index contributed by atoms with van der Waals surface area (Å²) >= 11 is 0. The molecule has 8 nitrogen and oxygen atoms in total. The van der Waals surface area contributed by atoms with E-state index in [0.29, 0.717) is 32.7 Å². The zero-order valence-electron chi connectivity index (χ0n) is 12.9. The predicted octanol–water partition coefficient (Wildman–Crippen LogP) is -1.20. The number of carbonyl (C=O) groups excluding carboxylic acids is 2. The minimum atomic E-state index is -1.06. The van der Waals surface area contributed by atoms with Crippen LogP contribution in [0.1, 0.15) is 20.3 Å². The lowest BCUT2D eigenvalue weighted by molar-refractivity contribution is -0.140. The average molecular weight is 313 g/mol. The predicted molar refractivity (Wildman–Crippen MR) is 77.1 cm³/mol. The number of carbonyl (C=O) groups is 3. The molecule has 2 aliphatic rings. The van der Waals surface area contributed by atoms with E-state index in [1.54, 1.807) is 4.90 Å². The minimum absolute atomic E-state index is 0.127. The molecule has 0 unspecified atom stereocenters. The molecule has 0 bridgehead atoms. The number of hydrogen-bond acceptors (Lipinski definition) is 5. The second-order valence-corrected chi connectivity index (χ2v) is 6.09. The maximum Gasteiger partial charge on any atom is 0.322 e. The Labute approximate surface area is 129 Å². The molecule has 124 valence electrons. The Morgan fingerprint density at radius 2 is 1.91 bits per heavy atom. The highest BCUT2D eigenvalue weighted by molar-refractivity contribution is 5.97. The fourth-order valence-corrected chi connectivity index (χ4v) is 2.54. The number of aliphatic carboxylic acids is 1. The number of hydrogen-bond donors (Lipinski definition) is 3. The van der Waals surface area contributed by atoms with Gasteiger partial charge >= 0.3 is 5.97 Å². The van der Waals surface area contributed by atoms with E-state index in [2.05, 4.69) is 10.6 Å². The van der Waals surface area contributed by atoms with Crippen LogP contribution in [-0.4, -0.2) is 72.2 Å². The SMILES string of the molecule is CC(C)C[C@H](NC(=O)[C@H]1N[C@@H]1C(=O)O)C(=O)N1CCOCC1. The first-order valence-electron chi connectivity index (χ1n) is 7.56. The van der Waals surface area contributed by atoms with E-state index in [-0.39, 0.29) is 11.8 Å². The van der Waals surface area contributed by atoms with E-state index in [9.17, 15) is 14.4 Å². The van der Waals surface area contributed by atoms with Crippen molar-refractivity contribution in [2.45, 2.75) is 38.4 Å². The van der Waals surface area contributed by atoms with Gasteiger partial charge in [-0.25, -0.2) is 0 Å². The molecule has 0 aromatic rings. The lowest BCUT2D eigenvalue weighted by Gasteiger charge is -2.31. The van der Waals surface area contributed by atoms with Crippen molar-refractivity contribution in [3.63, 3.8) is 0 Å². The van der Waals surface area contributed by atoms with Gasteiger partial charge in [-0.3, -0.25) is 19.7 Å². The second kappa shape index (κ2) is 7.06. The second-order valence-electron chi connectivity index (χ2n) is 6.09. The number of carboxylic acid groups (broad SMARTS) is 1. The molecule has 2 fully saturated rings. The molecule has 0 spiro atoms. The van der Waals surface area contributed by atoms with Crippen LogP contribution in [0.2, 0.25) is 0 Å². The summed E-state index contributed by atoms with van der Waals surface area (Å²) in [4.78, 5) is 37.1. The number of nitrogens with one attached hydrogen (secondary N) is 2. The van der Waals surface area contributed by atoms with Crippen LogP contribution in [0, 0.1) is 5.92 Å². The Kier molecular flexibility index (Phi) is 5.36. The Morgan fingerprint density at radius 3 is 2.41 bits per heavy atom. The first-order chi connectivity index (χ1) is 10.4. The van der Waals surface area contributed by atoms with Crippen molar-refractivity contribution in [3.05, 3.63) is 0 Å². The maximum atomic E-state index is 12.5. The molecule has 2 saturated heterocycles. The molecule has 2 rings (SSSR count). The molecule has 0 saturated carbocycles. The van der Waals surface area contributed by atoms with Gasteiger partial charge in [-0.15, -0.1) is 0 Å². The number of rotatable bonds is 6. The van der Waals surface area contributed by atoms with Crippen molar-refractivity contribution in [1.29, 1.82) is 0 Å². The zero-order valence-corrected chi connectivity index (χ0v) is 12.9. The quantitative estimate of drug-likeness (QED) is 0.530. The summed E-state index contributed by atoms with van der Waals surface area (Å²) < 4.78 is 5.22. The largest absolute Gasteiger partial charge is 0.480 e. The highest BCUT2D eigenvalue weighted by Gasteiger charge is 2.48. The molecular weight excluding hydrogens is 290 g/mol. The summed E-state index contributed by atoms with van der Waals surface area (Å²) in [6, 6.07) is -2.22. The van der Waals surface area contributed by atoms with Gasteiger partial charge in [-0.2, -0.15) is 0 Å². The number of carboxylic acids is 1. The van der Waals surface area contributed by atoms with Crippen molar-refractivity contribution in [3.8, 4) is 0 Å². The van der Waals surface area contributed by atoms with Crippen LogP contribution in [0.25, 0.3) is 0 Å². The average Bonchev–Trinajstić information content (AvgIpc) is 3.27. The van der Waals surface area contributed by atoms with Crippen LogP contribution in [-0.2, 0) is 19.1 Å². The zero-order chi connectivity index (χ0) is 16.3. The summed E-state index contributed by atoms with van der Waals surface area (Å²) in [5, 5.41) is 14.1. The third-order valence-corrected chi connectivity index (χ3v) is 3.78. The topological polar surface area (TPSA) is 118 Å². The monoisotopic (exact) mass is 313 g/mol. The molecule has 2 aliphatic heterocycles. The summed E-state index contributed by atoms with van der Waals surface area (Å²) in [7, 11) is 0. The molecule has 8 heteroatoms. The van der Waals surface area contributed by atoms with Crippen LogP contribution in [0.4, 0.5) is 0 Å². The lowest BCUT2D eigenvalue weighted by Crippen LogP contribution is -2.53. The molecule has 0 radical (unpaired) electrons. The van der Waals surface area contributed by atoms with Gasteiger partial charge in [0.2, 0.25) is 11.8 Å². The summed E-state index contributed by atoms with van der Waals surface area (Å²) in [6.07, 6.45) is 0.520. The number of ether oxygens (including phenoxy) is 1. The normalized spacial score (nSPS) is 25.7. The van der Waals surface area contributed by atoms with Gasteiger partial charge in [0.1, 0.15) is 18.1 Å². The van der Waals surface area contributed by atoms with Gasteiger partial charge in [-0.1, -0.05) is 13.8 Å². The highest BCUT2D eigenvalue weighted by atomic mass is 16.5. The standard InChI is InChI=1S/C14H23N3O5/c1-8(2)7-9(13(19)17-3-5-22-6-4-17)15-12(18)10-11(16-10)14(20)21/h8-11,16H,3-7H2,1-2H3,(H,15,18)(H,20,21)/t9-,10-,11-/m0/s1. The molecule has 0 aromatic heterocycles. The van der Waals surface area contributed by atoms with Crippen LogP contribution in [0.3, 0.4) is 0 Å². The van der Waals surface area contributed by atoms with Gasteiger partial charge in [0.05, 0.1) is 13.2 Å². The smallest absolute Gasteiger partial charge is 0.322 e. The third-order valence-electron chi connectivity index (χ3n) is 3.78. The molecule has 3 N–H and O–H groups in total. The number of morpholine rings is 1. The van der Waals surface area contributed by atoms with E-state index in [0.717, 1.165) is 0 Å². The van der Waals surface area contributed by atoms with Crippen molar-refractivity contribution in [1.82, 2.24) is 15.5 Å². The molecule has 0 aliphatic carbocycles. The molecule has 2 heterocycles. The van der Waals surface area contributed by atoms with Crippen LogP contribution < -0.4 is 10.6 Å². The van der Waals surface area contributed by atoms with E-state index in [1.807, 2.05) is 13.8 Å². The Hall–Kier alpha value is -1.67. The maximum absolute atomic E-state index is 12.5. The van der Waals surface area contributed by atoms with Gasteiger partial charge in [0.25, 0.3) is 0 Å². The minimum Gasteiger partial charge on any atom is -0.480 e. The van der Waals surface area contributed by atoms with E-state index >= 15 is 0 Å². The number of nitrogens with zero attached hydrogens (tertiary/aromatic N) is 1. The molecule has 0 aromatic carbocycles. The summed E-state index contributed by atoms with van der Waals surface area (Å²) in [5.41, 5.74) is 0. The fraction of sp³-hybridized carbons (Fsp3) is 0.786. The Balaban J connectivity index is 1.95. The van der Waals surface area contributed by atoms with Gasteiger partial charge < -0.3 is 20.1 Å². The van der Waals surface area contributed by atoms with Gasteiger partial charge in [-0.05, 0) is 12.3 Å². The van der Waals surface area contributed by atoms with Gasteiger partial charge in [0.15, 0.2) is 0 Å². The highest BCUT2D eigenvalue weighted by Crippen LogP contribution is 2.14.